The van der Waals surface area contributed by atoms with E-state index in [0.717, 1.165) is 72.1 Å². The molecule has 7 nitrogen and oxygen atoms in total. The van der Waals surface area contributed by atoms with Gasteiger partial charge in [0, 0.05) is 53.8 Å². The zero-order valence-electron chi connectivity index (χ0n) is 22.0. The van der Waals surface area contributed by atoms with E-state index >= 15 is 0 Å². The number of nitrogens with zero attached hydrogens (tertiary/aromatic N) is 7. The van der Waals surface area contributed by atoms with Crippen LogP contribution in [0.3, 0.4) is 0 Å². The van der Waals surface area contributed by atoms with Crippen LogP contribution in [-0.4, -0.2) is 95.1 Å². The van der Waals surface area contributed by atoms with Gasteiger partial charge in [-0.1, -0.05) is 23.7 Å². The molecule has 0 amide bonds. The van der Waals surface area contributed by atoms with Crippen LogP contribution in [0, 0.1) is 20.8 Å². The van der Waals surface area contributed by atoms with E-state index < -0.39 is 0 Å². The minimum absolute atomic E-state index is 0.107. The number of hydrogen-bond acceptors (Lipinski definition) is 7. The van der Waals surface area contributed by atoms with Crippen LogP contribution in [0.5, 0.6) is 0 Å². The van der Waals surface area contributed by atoms with Gasteiger partial charge in [0.25, 0.3) is 0 Å². The molecule has 192 valence electrons. The first-order valence-corrected chi connectivity index (χ1v) is 14.0. The molecule has 1 aromatic carbocycles. The zero-order valence-corrected chi connectivity index (χ0v) is 23.5. The molecular formula is C27H36ClN7S. The number of benzene rings is 1. The third-order valence-corrected chi connectivity index (χ3v) is 8.90. The maximum Gasteiger partial charge on any atom is 0.164 e. The first-order chi connectivity index (χ1) is 17.3. The van der Waals surface area contributed by atoms with Crippen LogP contribution >= 0.6 is 22.9 Å². The lowest BCUT2D eigenvalue weighted by Gasteiger charge is -2.32. The van der Waals surface area contributed by atoms with Crippen molar-refractivity contribution in [3.8, 4) is 5.00 Å². The highest BCUT2D eigenvalue weighted by Crippen LogP contribution is 2.39. The second-order valence-electron chi connectivity index (χ2n) is 10.2. The van der Waals surface area contributed by atoms with Crippen molar-refractivity contribution in [1.29, 1.82) is 0 Å². The van der Waals surface area contributed by atoms with Crippen molar-refractivity contribution in [3.05, 3.63) is 62.5 Å². The summed E-state index contributed by atoms with van der Waals surface area (Å²) in [6.45, 7) is 14.0. The van der Waals surface area contributed by atoms with Crippen LogP contribution in [0.15, 0.2) is 29.3 Å². The minimum atomic E-state index is -0.107. The Hall–Kier alpha value is -2.10. The Morgan fingerprint density at radius 3 is 2.50 bits per heavy atom. The van der Waals surface area contributed by atoms with Gasteiger partial charge in [0.15, 0.2) is 5.82 Å². The Labute approximate surface area is 223 Å². The monoisotopic (exact) mass is 525 g/mol. The predicted octanol–water partition coefficient (Wildman–Crippen LogP) is 4.37. The average molecular weight is 526 g/mol. The Bertz CT molecular complexity index is 1240. The molecule has 0 aliphatic carbocycles. The maximum atomic E-state index is 6.23. The summed E-state index contributed by atoms with van der Waals surface area (Å²) in [4.78, 5) is 14.1. The first-order valence-electron chi connectivity index (χ1n) is 12.8. The quantitative estimate of drug-likeness (QED) is 0.458. The number of aryl methyl sites for hydroxylation is 2. The standard InChI is InChI=1S/C27H36ClN7S/c1-18-19(2)36-27-24(18)25(21-7-9-22(28)10-8-21)29-23(26-31-30-20(3)35(26)27)17-33(5)11-6-12-34-15-13-32(4)14-16-34/h7-10,23H,6,11-17H2,1-5H3/t23-/m0/s1. The maximum absolute atomic E-state index is 6.23. The fraction of sp³-hybridized carbons (Fsp3) is 0.519. The summed E-state index contributed by atoms with van der Waals surface area (Å²) in [6.07, 6.45) is 1.15. The molecule has 0 saturated carbocycles. The van der Waals surface area contributed by atoms with E-state index in [1.807, 2.05) is 19.1 Å². The first kappa shape index (κ1) is 25.5. The number of thiophene rings is 1. The summed E-state index contributed by atoms with van der Waals surface area (Å²) >= 11 is 8.03. The van der Waals surface area contributed by atoms with Crippen molar-refractivity contribution >= 4 is 28.6 Å². The molecule has 1 atom stereocenters. The SMILES string of the molecule is Cc1sc2c(c1C)C(c1ccc(Cl)cc1)=N[C@@H](CN(C)CCCN1CCN(C)CC1)c1nnc(C)n1-2. The van der Waals surface area contributed by atoms with E-state index in [2.05, 4.69) is 69.5 Å². The summed E-state index contributed by atoms with van der Waals surface area (Å²) in [5.74, 6) is 1.83. The van der Waals surface area contributed by atoms with E-state index in [1.165, 1.54) is 29.1 Å². The molecule has 0 radical (unpaired) electrons. The van der Waals surface area contributed by atoms with Crippen LogP contribution in [0.1, 0.15) is 45.7 Å². The molecule has 4 heterocycles. The van der Waals surface area contributed by atoms with E-state index in [0.29, 0.717) is 0 Å². The number of rotatable bonds is 7. The van der Waals surface area contributed by atoms with Gasteiger partial charge in [0.1, 0.15) is 16.9 Å². The van der Waals surface area contributed by atoms with Crippen LogP contribution in [-0.2, 0) is 0 Å². The summed E-state index contributed by atoms with van der Waals surface area (Å²) in [6, 6.07) is 7.94. The fourth-order valence-electron chi connectivity index (χ4n) is 5.14. The number of fused-ring (bicyclic) bond motifs is 3. The van der Waals surface area contributed by atoms with Crippen LogP contribution in [0.2, 0.25) is 5.02 Å². The van der Waals surface area contributed by atoms with E-state index in [9.17, 15) is 0 Å². The summed E-state index contributed by atoms with van der Waals surface area (Å²) in [5, 5.41) is 11.0. The zero-order chi connectivity index (χ0) is 25.4. The molecule has 0 N–H and O–H groups in total. The molecular weight excluding hydrogens is 490 g/mol. The van der Waals surface area contributed by atoms with E-state index in [1.54, 1.807) is 11.3 Å². The highest BCUT2D eigenvalue weighted by molar-refractivity contribution is 7.15. The second kappa shape index (κ2) is 10.7. The molecule has 1 fully saturated rings. The van der Waals surface area contributed by atoms with Crippen molar-refractivity contribution in [2.24, 2.45) is 4.99 Å². The van der Waals surface area contributed by atoms with E-state index in [-0.39, 0.29) is 6.04 Å². The lowest BCUT2D eigenvalue weighted by Crippen LogP contribution is -2.45. The Morgan fingerprint density at radius 2 is 1.78 bits per heavy atom. The van der Waals surface area contributed by atoms with Crippen molar-refractivity contribution in [1.82, 2.24) is 29.5 Å². The topological polar surface area (TPSA) is 52.8 Å². The van der Waals surface area contributed by atoms with Gasteiger partial charge in [-0.15, -0.1) is 21.5 Å². The molecule has 0 bridgehead atoms. The largest absolute Gasteiger partial charge is 0.304 e. The number of halogens is 1. The molecule has 5 rings (SSSR count). The van der Waals surface area contributed by atoms with Gasteiger partial charge in [-0.05, 0) is 72.1 Å². The molecule has 2 aromatic heterocycles. The molecule has 1 saturated heterocycles. The summed E-state index contributed by atoms with van der Waals surface area (Å²) in [7, 11) is 4.41. The van der Waals surface area contributed by atoms with Gasteiger partial charge >= 0.3 is 0 Å². The Kier molecular flexibility index (Phi) is 7.60. The van der Waals surface area contributed by atoms with Gasteiger partial charge in [-0.25, -0.2) is 0 Å². The van der Waals surface area contributed by atoms with Gasteiger partial charge in [-0.3, -0.25) is 9.56 Å². The molecule has 0 unspecified atom stereocenters. The molecule has 3 aromatic rings. The second-order valence-corrected chi connectivity index (χ2v) is 11.8. The number of likely N-dealkylation sites (N-methyl/N-ethyl adjacent to an activating group) is 2. The molecule has 0 spiro atoms. The number of hydrogen-bond donors (Lipinski definition) is 0. The highest BCUT2D eigenvalue weighted by Gasteiger charge is 2.31. The summed E-state index contributed by atoms with van der Waals surface area (Å²) in [5.41, 5.74) is 4.55. The molecule has 2 aliphatic rings. The Morgan fingerprint density at radius 1 is 1.06 bits per heavy atom. The van der Waals surface area contributed by atoms with Gasteiger partial charge in [-0.2, -0.15) is 0 Å². The predicted molar refractivity (Wildman–Crippen MR) is 149 cm³/mol. The molecule has 9 heteroatoms. The van der Waals surface area contributed by atoms with Crippen LogP contribution < -0.4 is 0 Å². The third-order valence-electron chi connectivity index (χ3n) is 7.45. The van der Waals surface area contributed by atoms with Crippen molar-refractivity contribution in [2.75, 3.05) is 59.9 Å². The van der Waals surface area contributed by atoms with E-state index in [4.69, 9.17) is 16.6 Å². The van der Waals surface area contributed by atoms with Crippen LogP contribution in [0.4, 0.5) is 0 Å². The number of piperazine rings is 1. The third kappa shape index (κ3) is 5.15. The van der Waals surface area contributed by atoms with Gasteiger partial charge in [0.2, 0.25) is 0 Å². The highest BCUT2D eigenvalue weighted by atomic mass is 35.5. The molecule has 36 heavy (non-hydrogen) atoms. The smallest absolute Gasteiger partial charge is 0.164 e. The van der Waals surface area contributed by atoms with Crippen molar-refractivity contribution in [3.63, 3.8) is 0 Å². The summed E-state index contributed by atoms with van der Waals surface area (Å²) < 4.78 is 2.23. The van der Waals surface area contributed by atoms with Gasteiger partial charge in [0.05, 0.1) is 5.71 Å². The normalized spacial score (nSPS) is 18.8. The van der Waals surface area contributed by atoms with Gasteiger partial charge < -0.3 is 14.7 Å². The average Bonchev–Trinajstić information content (AvgIpc) is 3.33. The Balaban J connectivity index is 1.42. The van der Waals surface area contributed by atoms with Crippen molar-refractivity contribution in [2.45, 2.75) is 33.2 Å². The van der Waals surface area contributed by atoms with Crippen LogP contribution in [0.25, 0.3) is 5.00 Å². The number of aromatic nitrogens is 3. The number of aliphatic imine (C=N–C) groups is 1. The lowest BCUT2D eigenvalue weighted by molar-refractivity contribution is 0.147. The van der Waals surface area contributed by atoms with Crippen molar-refractivity contribution < 1.29 is 0 Å². The minimum Gasteiger partial charge on any atom is -0.304 e. The fourth-order valence-corrected chi connectivity index (χ4v) is 6.48. The molecule has 2 aliphatic heterocycles. The lowest BCUT2D eigenvalue weighted by atomic mass is 10.00.